The SMILES string of the molecule is O=C(O)/C=C/c1ccc(NC(=O)C#CCNC(=O)OCC2c3ccccc3-c3ccccc32)cc1. The molecular formula is C28H22N2O5. The third kappa shape index (κ3) is 5.95. The van der Waals surface area contributed by atoms with Gasteiger partial charge in [0.15, 0.2) is 0 Å². The Morgan fingerprint density at radius 3 is 2.17 bits per heavy atom. The molecule has 7 heteroatoms. The highest BCUT2D eigenvalue weighted by atomic mass is 16.5. The van der Waals surface area contributed by atoms with Gasteiger partial charge in [-0.25, -0.2) is 9.59 Å². The molecule has 3 N–H and O–H groups in total. The van der Waals surface area contributed by atoms with E-state index in [0.29, 0.717) is 11.3 Å². The van der Waals surface area contributed by atoms with E-state index in [1.54, 1.807) is 24.3 Å². The van der Waals surface area contributed by atoms with Crippen LogP contribution in [0.3, 0.4) is 0 Å². The Morgan fingerprint density at radius 1 is 0.914 bits per heavy atom. The van der Waals surface area contributed by atoms with Crippen LogP contribution in [0.15, 0.2) is 78.9 Å². The summed E-state index contributed by atoms with van der Waals surface area (Å²) in [6.07, 6.45) is 1.87. The molecule has 3 aromatic carbocycles. The van der Waals surface area contributed by atoms with Gasteiger partial charge in [-0.1, -0.05) is 66.6 Å². The number of ether oxygens (including phenoxy) is 1. The van der Waals surface area contributed by atoms with Crippen molar-refractivity contribution in [2.24, 2.45) is 0 Å². The molecule has 35 heavy (non-hydrogen) atoms. The number of carbonyl (C=O) groups excluding carboxylic acids is 2. The summed E-state index contributed by atoms with van der Waals surface area (Å²) in [4.78, 5) is 34.7. The highest BCUT2D eigenvalue weighted by Crippen LogP contribution is 2.44. The fraction of sp³-hybridized carbons (Fsp3) is 0.107. The third-order valence-corrected chi connectivity index (χ3v) is 5.45. The zero-order valence-corrected chi connectivity index (χ0v) is 18.7. The number of benzene rings is 3. The molecule has 4 rings (SSSR count). The number of nitrogens with one attached hydrogen (secondary N) is 2. The number of alkyl carbamates (subject to hydrolysis) is 1. The Kier molecular flexibility index (Phi) is 7.24. The fourth-order valence-corrected chi connectivity index (χ4v) is 3.90. The molecule has 0 heterocycles. The lowest BCUT2D eigenvalue weighted by molar-refractivity contribution is -0.131. The minimum Gasteiger partial charge on any atom is -0.478 e. The summed E-state index contributed by atoms with van der Waals surface area (Å²) in [5, 5.41) is 13.8. The Morgan fingerprint density at radius 2 is 1.54 bits per heavy atom. The van der Waals surface area contributed by atoms with Gasteiger partial charge >= 0.3 is 12.1 Å². The van der Waals surface area contributed by atoms with Crippen molar-refractivity contribution in [1.29, 1.82) is 0 Å². The number of anilines is 1. The van der Waals surface area contributed by atoms with Crippen LogP contribution in [0, 0.1) is 11.8 Å². The van der Waals surface area contributed by atoms with Crippen molar-refractivity contribution >= 4 is 29.7 Å². The molecule has 0 saturated carbocycles. The Hall–Kier alpha value is -4.83. The van der Waals surface area contributed by atoms with Crippen LogP contribution in [0.25, 0.3) is 17.2 Å². The second-order valence-electron chi connectivity index (χ2n) is 7.73. The molecule has 0 bridgehead atoms. The molecule has 7 nitrogen and oxygen atoms in total. The summed E-state index contributed by atoms with van der Waals surface area (Å²) in [5.74, 6) is 3.39. The monoisotopic (exact) mass is 466 g/mol. The maximum Gasteiger partial charge on any atom is 0.407 e. The van der Waals surface area contributed by atoms with Gasteiger partial charge in [0.2, 0.25) is 0 Å². The van der Waals surface area contributed by atoms with E-state index < -0.39 is 18.0 Å². The Balaban J connectivity index is 1.24. The number of carbonyl (C=O) groups is 3. The first kappa shape index (κ1) is 23.3. The van der Waals surface area contributed by atoms with Crippen LogP contribution in [0.1, 0.15) is 22.6 Å². The van der Waals surface area contributed by atoms with Gasteiger partial charge in [-0.3, -0.25) is 4.79 Å². The number of carboxylic acids is 1. The molecule has 3 aromatic rings. The van der Waals surface area contributed by atoms with Gasteiger partial charge < -0.3 is 20.5 Å². The van der Waals surface area contributed by atoms with Crippen molar-refractivity contribution in [3.8, 4) is 23.0 Å². The van der Waals surface area contributed by atoms with Crippen molar-refractivity contribution in [3.05, 3.63) is 95.6 Å². The number of aliphatic carboxylic acids is 1. The van der Waals surface area contributed by atoms with Crippen LogP contribution >= 0.6 is 0 Å². The van der Waals surface area contributed by atoms with Crippen molar-refractivity contribution in [3.63, 3.8) is 0 Å². The van der Waals surface area contributed by atoms with Gasteiger partial charge in [-0.05, 0) is 51.9 Å². The number of carboxylic acid groups (broad SMARTS) is 1. The minimum absolute atomic E-state index is 0.0315. The largest absolute Gasteiger partial charge is 0.478 e. The molecule has 0 aromatic heterocycles. The van der Waals surface area contributed by atoms with Crippen LogP contribution in [0.2, 0.25) is 0 Å². The topological polar surface area (TPSA) is 105 Å². The molecule has 0 aliphatic heterocycles. The zero-order chi connectivity index (χ0) is 24.6. The molecule has 174 valence electrons. The number of hydrogen-bond acceptors (Lipinski definition) is 4. The molecule has 0 unspecified atom stereocenters. The summed E-state index contributed by atoms with van der Waals surface area (Å²) >= 11 is 0. The standard InChI is InChI=1S/C28H22N2O5/c31-26(30-20-14-11-19(12-15-20)13-16-27(32)33)10-5-17-29-28(34)35-18-25-23-8-3-1-6-21(23)22-7-2-4-9-24(22)25/h1-4,6-9,11-16,25H,17-18H2,(H,29,34)(H,30,31)(H,32,33)/b16-13+. The first-order valence-electron chi connectivity index (χ1n) is 10.9. The zero-order valence-electron chi connectivity index (χ0n) is 18.7. The lowest BCUT2D eigenvalue weighted by atomic mass is 9.98. The van der Waals surface area contributed by atoms with E-state index in [1.165, 1.54) is 6.08 Å². The number of hydrogen-bond donors (Lipinski definition) is 3. The van der Waals surface area contributed by atoms with Gasteiger partial charge in [-0.15, -0.1) is 0 Å². The lowest BCUT2D eigenvalue weighted by Crippen LogP contribution is -2.26. The number of amides is 2. The van der Waals surface area contributed by atoms with E-state index in [1.807, 2.05) is 36.4 Å². The van der Waals surface area contributed by atoms with E-state index in [4.69, 9.17) is 9.84 Å². The quantitative estimate of drug-likeness (QED) is 0.372. The van der Waals surface area contributed by atoms with E-state index in [2.05, 4.69) is 34.6 Å². The maximum atomic E-state index is 12.1. The molecule has 2 amide bonds. The van der Waals surface area contributed by atoms with E-state index in [9.17, 15) is 14.4 Å². The lowest BCUT2D eigenvalue weighted by Gasteiger charge is -2.14. The number of fused-ring (bicyclic) bond motifs is 3. The van der Waals surface area contributed by atoms with Gasteiger partial charge in [-0.2, -0.15) is 0 Å². The predicted molar refractivity (Wildman–Crippen MR) is 133 cm³/mol. The van der Waals surface area contributed by atoms with Gasteiger partial charge in [0, 0.05) is 17.7 Å². The Labute approximate surface area is 202 Å². The first-order valence-corrected chi connectivity index (χ1v) is 10.9. The summed E-state index contributed by atoms with van der Waals surface area (Å²) in [7, 11) is 0. The summed E-state index contributed by atoms with van der Waals surface area (Å²) < 4.78 is 5.43. The number of rotatable bonds is 6. The Bertz CT molecular complexity index is 1300. The van der Waals surface area contributed by atoms with Crippen molar-refractivity contribution in [2.75, 3.05) is 18.5 Å². The molecule has 1 aliphatic carbocycles. The van der Waals surface area contributed by atoms with E-state index in [-0.39, 0.29) is 19.1 Å². The van der Waals surface area contributed by atoms with E-state index in [0.717, 1.165) is 28.3 Å². The second-order valence-corrected chi connectivity index (χ2v) is 7.73. The molecule has 0 fully saturated rings. The van der Waals surface area contributed by atoms with Crippen molar-refractivity contribution < 1.29 is 24.2 Å². The molecule has 0 atom stereocenters. The van der Waals surface area contributed by atoms with Crippen LogP contribution in [0.5, 0.6) is 0 Å². The second kappa shape index (κ2) is 10.9. The predicted octanol–water partition coefficient (Wildman–Crippen LogP) is 4.27. The normalized spacial score (nSPS) is 11.7. The fourth-order valence-electron chi connectivity index (χ4n) is 3.90. The third-order valence-electron chi connectivity index (χ3n) is 5.45. The molecule has 0 saturated heterocycles. The summed E-state index contributed by atoms with van der Waals surface area (Å²) in [5.41, 5.74) is 5.76. The first-order chi connectivity index (χ1) is 17.0. The van der Waals surface area contributed by atoms with Gasteiger partial charge in [0.05, 0.1) is 6.54 Å². The molecule has 0 spiro atoms. The van der Waals surface area contributed by atoms with Crippen molar-refractivity contribution in [1.82, 2.24) is 5.32 Å². The highest BCUT2D eigenvalue weighted by Gasteiger charge is 2.28. The molecule has 0 radical (unpaired) electrons. The van der Waals surface area contributed by atoms with E-state index >= 15 is 0 Å². The highest BCUT2D eigenvalue weighted by molar-refractivity contribution is 6.04. The van der Waals surface area contributed by atoms with Crippen LogP contribution < -0.4 is 10.6 Å². The smallest absolute Gasteiger partial charge is 0.407 e. The van der Waals surface area contributed by atoms with Crippen LogP contribution in [-0.4, -0.2) is 36.2 Å². The van der Waals surface area contributed by atoms with Crippen molar-refractivity contribution in [2.45, 2.75) is 5.92 Å². The van der Waals surface area contributed by atoms with Crippen LogP contribution in [0.4, 0.5) is 10.5 Å². The van der Waals surface area contributed by atoms with Gasteiger partial charge in [0.25, 0.3) is 5.91 Å². The van der Waals surface area contributed by atoms with Crippen LogP contribution in [-0.2, 0) is 14.3 Å². The molecule has 1 aliphatic rings. The maximum absolute atomic E-state index is 12.1. The van der Waals surface area contributed by atoms with Gasteiger partial charge in [0.1, 0.15) is 6.61 Å². The average molecular weight is 466 g/mol. The minimum atomic E-state index is -1.04. The molecular weight excluding hydrogens is 444 g/mol. The summed E-state index contributed by atoms with van der Waals surface area (Å²) in [6, 6.07) is 22.8. The summed E-state index contributed by atoms with van der Waals surface area (Å²) in [6.45, 7) is 0.161. The average Bonchev–Trinajstić information content (AvgIpc) is 3.18.